The highest BCUT2D eigenvalue weighted by molar-refractivity contribution is 7.31. The monoisotopic (exact) mass is 198 g/mol. The van der Waals surface area contributed by atoms with Crippen LogP contribution < -0.4 is 0 Å². The Labute approximate surface area is 78.6 Å². The van der Waals surface area contributed by atoms with E-state index < -0.39 is 0 Å². The van der Waals surface area contributed by atoms with Gasteiger partial charge >= 0.3 is 0 Å². The van der Waals surface area contributed by atoms with E-state index in [1.54, 1.807) is 0 Å². The van der Waals surface area contributed by atoms with Gasteiger partial charge in [0.1, 0.15) is 0 Å². The van der Waals surface area contributed by atoms with Crippen molar-refractivity contribution >= 4 is 26.6 Å². The Hall–Kier alpha value is 0.651. The van der Waals surface area contributed by atoms with Crippen molar-refractivity contribution < 1.29 is 0 Å². The van der Waals surface area contributed by atoms with Gasteiger partial charge in [-0.2, -0.15) is 0 Å². The predicted octanol–water partition coefficient (Wildman–Crippen LogP) is 2.37. The molecule has 0 unspecified atom stereocenters. The SMILES string of the molecule is CCCCCCC[Si](C)[Si][Si]. The van der Waals surface area contributed by atoms with E-state index in [4.69, 9.17) is 0 Å². The predicted molar refractivity (Wildman–Crippen MR) is 56.7 cm³/mol. The highest BCUT2D eigenvalue weighted by Gasteiger charge is 1.99. The molecule has 0 rings (SSSR count). The Kier molecular flexibility index (Phi) is 9.26. The first-order chi connectivity index (χ1) is 5.31. The fourth-order valence-electron chi connectivity index (χ4n) is 1.06. The summed E-state index contributed by atoms with van der Waals surface area (Å²) in [6, 6.07) is 1.51. The molecule has 0 spiro atoms. The van der Waals surface area contributed by atoms with Crippen LogP contribution in [0.4, 0.5) is 0 Å². The van der Waals surface area contributed by atoms with Crippen LogP contribution in [0.3, 0.4) is 0 Å². The molecular formula is C8H18Si3. The van der Waals surface area contributed by atoms with E-state index in [-0.39, 0.29) is 8.31 Å². The lowest BCUT2D eigenvalue weighted by molar-refractivity contribution is 0.655. The Bertz CT molecular complexity index is 75.7. The van der Waals surface area contributed by atoms with Crippen LogP contribution in [0.15, 0.2) is 0 Å². The molecule has 0 atom stereocenters. The van der Waals surface area contributed by atoms with Crippen molar-refractivity contribution in [1.29, 1.82) is 0 Å². The third-order valence-electron chi connectivity index (χ3n) is 1.87. The third-order valence-corrected chi connectivity index (χ3v) is 9.27. The van der Waals surface area contributed by atoms with Crippen molar-refractivity contribution in [2.45, 2.75) is 51.6 Å². The standard InChI is InChI=1S/C8H18Si3/c1-3-4-5-6-7-8-11(2)10-9/h3-8H2,1-2H3. The van der Waals surface area contributed by atoms with E-state index in [1.807, 2.05) is 0 Å². The van der Waals surface area contributed by atoms with Gasteiger partial charge in [-0.15, -0.1) is 0 Å². The third kappa shape index (κ3) is 8.56. The van der Waals surface area contributed by atoms with Gasteiger partial charge in [0.15, 0.2) is 0 Å². The van der Waals surface area contributed by atoms with E-state index in [9.17, 15) is 0 Å². The molecule has 0 fully saturated rings. The van der Waals surface area contributed by atoms with E-state index >= 15 is 0 Å². The topological polar surface area (TPSA) is 0 Å². The molecule has 0 saturated carbocycles. The molecule has 0 aliphatic rings. The minimum Gasteiger partial charge on any atom is -0.0738 e. The van der Waals surface area contributed by atoms with Crippen LogP contribution in [-0.4, -0.2) is 26.6 Å². The molecule has 62 valence electrons. The van der Waals surface area contributed by atoms with Gasteiger partial charge in [-0.05, 0) is 0 Å². The lowest BCUT2D eigenvalue weighted by Gasteiger charge is -2.04. The normalized spacial score (nSPS) is 10.9. The molecule has 0 N–H and O–H groups in total. The van der Waals surface area contributed by atoms with Crippen molar-refractivity contribution in [3.8, 4) is 0 Å². The van der Waals surface area contributed by atoms with Gasteiger partial charge in [-0.25, -0.2) is 0 Å². The largest absolute Gasteiger partial charge is 0.0738 e. The average molecular weight is 198 g/mol. The minimum absolute atomic E-state index is 0.0253. The van der Waals surface area contributed by atoms with E-state index in [1.165, 1.54) is 38.1 Å². The smallest absolute Gasteiger partial charge is 0.0271 e. The second-order valence-corrected chi connectivity index (χ2v) is 10.9. The Balaban J connectivity index is 2.89. The molecule has 0 heterocycles. The summed E-state index contributed by atoms with van der Waals surface area (Å²) in [4.78, 5) is 0. The zero-order valence-corrected chi connectivity index (χ0v) is 10.7. The summed E-state index contributed by atoms with van der Waals surface area (Å²) in [5, 5.41) is 0. The van der Waals surface area contributed by atoms with Crippen LogP contribution in [0.25, 0.3) is 0 Å². The number of rotatable bonds is 7. The van der Waals surface area contributed by atoms with Crippen LogP contribution in [0.5, 0.6) is 0 Å². The summed E-state index contributed by atoms with van der Waals surface area (Å²) in [5.41, 5.74) is 0. The molecule has 0 aliphatic carbocycles. The lowest BCUT2D eigenvalue weighted by Crippen LogP contribution is -2.17. The second kappa shape index (κ2) is 8.74. The summed E-state index contributed by atoms with van der Waals surface area (Å²) < 4.78 is 0. The van der Waals surface area contributed by atoms with E-state index in [0.29, 0.717) is 0 Å². The average Bonchev–Trinajstić information content (AvgIpc) is 2.04. The summed E-state index contributed by atoms with van der Waals surface area (Å²) >= 11 is 0. The molecule has 0 amide bonds. The summed E-state index contributed by atoms with van der Waals surface area (Å²) in [6.07, 6.45) is 7.19. The molecule has 0 aromatic heterocycles. The maximum atomic E-state index is 3.62. The van der Waals surface area contributed by atoms with E-state index in [2.05, 4.69) is 23.2 Å². The van der Waals surface area contributed by atoms with E-state index in [0.717, 1.165) is 8.55 Å². The first-order valence-electron chi connectivity index (χ1n) is 4.56. The number of hydrogen-bond donors (Lipinski definition) is 0. The molecule has 3 heteroatoms. The van der Waals surface area contributed by atoms with Gasteiger partial charge in [0.25, 0.3) is 0 Å². The molecule has 0 aliphatic heterocycles. The first kappa shape index (κ1) is 11.7. The molecule has 6 radical (unpaired) electrons. The van der Waals surface area contributed by atoms with Crippen LogP contribution in [0.2, 0.25) is 12.6 Å². The summed E-state index contributed by atoms with van der Waals surface area (Å²) in [6.45, 7) is 4.70. The molecule has 0 aromatic carbocycles. The van der Waals surface area contributed by atoms with Crippen LogP contribution in [-0.2, 0) is 0 Å². The zero-order chi connectivity index (χ0) is 8.53. The van der Waals surface area contributed by atoms with Crippen molar-refractivity contribution in [3.63, 3.8) is 0 Å². The van der Waals surface area contributed by atoms with Gasteiger partial charge in [-0.1, -0.05) is 51.6 Å². The maximum Gasteiger partial charge on any atom is 0.0271 e. The summed E-state index contributed by atoms with van der Waals surface area (Å²) in [5.74, 6) is 0. The van der Waals surface area contributed by atoms with Crippen LogP contribution >= 0.6 is 0 Å². The van der Waals surface area contributed by atoms with Crippen molar-refractivity contribution in [2.75, 3.05) is 0 Å². The summed E-state index contributed by atoms with van der Waals surface area (Å²) in [7, 11) is 4.69. The Morgan fingerprint density at radius 1 is 1.18 bits per heavy atom. The molecule has 11 heavy (non-hydrogen) atoms. The highest BCUT2D eigenvalue weighted by Crippen LogP contribution is 2.06. The maximum absolute atomic E-state index is 3.62. The highest BCUT2D eigenvalue weighted by atomic mass is 29.5. The van der Waals surface area contributed by atoms with Crippen LogP contribution in [0.1, 0.15) is 39.0 Å². The Morgan fingerprint density at radius 2 is 1.82 bits per heavy atom. The lowest BCUT2D eigenvalue weighted by atomic mass is 10.2. The molecule has 0 saturated heterocycles. The van der Waals surface area contributed by atoms with Gasteiger partial charge < -0.3 is 0 Å². The van der Waals surface area contributed by atoms with Crippen molar-refractivity contribution in [3.05, 3.63) is 0 Å². The molecule has 0 aromatic rings. The van der Waals surface area contributed by atoms with Gasteiger partial charge in [0, 0.05) is 26.6 Å². The quantitative estimate of drug-likeness (QED) is 0.435. The van der Waals surface area contributed by atoms with Gasteiger partial charge in [0.2, 0.25) is 0 Å². The first-order valence-corrected chi connectivity index (χ1v) is 10.3. The second-order valence-electron chi connectivity index (χ2n) is 3.07. The van der Waals surface area contributed by atoms with Crippen molar-refractivity contribution in [2.24, 2.45) is 0 Å². The van der Waals surface area contributed by atoms with Crippen LogP contribution in [0, 0.1) is 0 Å². The minimum atomic E-state index is 0.0253. The molecule has 0 nitrogen and oxygen atoms in total. The zero-order valence-electron chi connectivity index (χ0n) is 7.74. The number of unbranched alkanes of at least 4 members (excludes halogenated alkanes) is 4. The van der Waals surface area contributed by atoms with Gasteiger partial charge in [0.05, 0.1) is 0 Å². The van der Waals surface area contributed by atoms with Crippen molar-refractivity contribution in [1.82, 2.24) is 0 Å². The number of hydrogen-bond acceptors (Lipinski definition) is 0. The van der Waals surface area contributed by atoms with Gasteiger partial charge in [-0.3, -0.25) is 0 Å². The molecular weight excluding hydrogens is 180 g/mol. The molecule has 0 bridgehead atoms. The Morgan fingerprint density at radius 3 is 2.36 bits per heavy atom. The fourth-order valence-corrected chi connectivity index (χ4v) is 3.99. The fraction of sp³-hybridized carbons (Fsp3) is 1.00.